The maximum Gasteiger partial charge on any atom is 0.263 e. The SMILES string of the molecule is Cc1nn(C)c(Sc2nc3ccccc3o2)c1C#N. The Morgan fingerprint density at radius 3 is 2.89 bits per heavy atom. The van der Waals surface area contributed by atoms with Gasteiger partial charge in [0.05, 0.1) is 5.69 Å². The van der Waals surface area contributed by atoms with Gasteiger partial charge in [0, 0.05) is 7.05 Å². The van der Waals surface area contributed by atoms with Crippen molar-refractivity contribution < 1.29 is 4.42 Å². The van der Waals surface area contributed by atoms with E-state index >= 15 is 0 Å². The predicted molar refractivity (Wildman–Crippen MR) is 70.8 cm³/mol. The van der Waals surface area contributed by atoms with Crippen molar-refractivity contribution in [3.05, 3.63) is 35.5 Å². The summed E-state index contributed by atoms with van der Waals surface area (Å²) >= 11 is 1.31. The van der Waals surface area contributed by atoms with Crippen LogP contribution in [0.4, 0.5) is 0 Å². The summed E-state index contributed by atoms with van der Waals surface area (Å²) in [6, 6.07) is 9.73. The second-order valence-corrected chi connectivity index (χ2v) is 4.99. The van der Waals surface area contributed by atoms with Gasteiger partial charge in [0.1, 0.15) is 22.2 Å². The summed E-state index contributed by atoms with van der Waals surface area (Å²) in [5.74, 6) is 0. The number of hydrogen-bond acceptors (Lipinski definition) is 5. The van der Waals surface area contributed by atoms with Crippen LogP contribution in [0.5, 0.6) is 0 Å². The smallest absolute Gasteiger partial charge is 0.263 e. The normalized spacial score (nSPS) is 10.8. The highest BCUT2D eigenvalue weighted by Gasteiger charge is 2.17. The molecule has 94 valence electrons. The fourth-order valence-corrected chi connectivity index (χ4v) is 2.77. The summed E-state index contributed by atoms with van der Waals surface area (Å²) in [4.78, 5) is 4.38. The number of fused-ring (bicyclic) bond motifs is 1. The molecular formula is C13H10N4OS. The van der Waals surface area contributed by atoms with Crippen molar-refractivity contribution in [2.24, 2.45) is 7.05 Å². The summed E-state index contributed by atoms with van der Waals surface area (Å²) in [6.07, 6.45) is 0. The number of para-hydroxylation sites is 2. The molecule has 2 aromatic heterocycles. The highest BCUT2D eigenvalue weighted by molar-refractivity contribution is 7.99. The van der Waals surface area contributed by atoms with Gasteiger partial charge in [0.25, 0.3) is 5.22 Å². The van der Waals surface area contributed by atoms with Crippen LogP contribution in [0.2, 0.25) is 0 Å². The predicted octanol–water partition coefficient (Wildman–Crippen LogP) is 2.89. The monoisotopic (exact) mass is 270 g/mol. The van der Waals surface area contributed by atoms with E-state index < -0.39 is 0 Å². The molecule has 0 saturated carbocycles. The first-order valence-electron chi connectivity index (χ1n) is 5.66. The first kappa shape index (κ1) is 11.8. The topological polar surface area (TPSA) is 67.6 Å². The number of nitriles is 1. The molecule has 1 aromatic carbocycles. The van der Waals surface area contributed by atoms with E-state index in [0.29, 0.717) is 16.5 Å². The quantitative estimate of drug-likeness (QED) is 0.716. The molecule has 2 heterocycles. The van der Waals surface area contributed by atoms with Crippen LogP contribution in [0.3, 0.4) is 0 Å². The molecule has 0 bridgehead atoms. The molecule has 0 spiro atoms. The largest absolute Gasteiger partial charge is 0.431 e. The van der Waals surface area contributed by atoms with Crippen molar-refractivity contribution in [1.82, 2.24) is 14.8 Å². The highest BCUT2D eigenvalue weighted by atomic mass is 32.2. The zero-order chi connectivity index (χ0) is 13.4. The Bertz CT molecular complexity index is 764. The first-order valence-corrected chi connectivity index (χ1v) is 6.48. The molecule has 0 radical (unpaired) electrons. The number of nitrogens with zero attached hydrogens (tertiary/aromatic N) is 4. The molecule has 3 aromatic rings. The lowest BCUT2D eigenvalue weighted by Gasteiger charge is -1.97. The van der Waals surface area contributed by atoms with E-state index in [1.807, 2.05) is 31.2 Å². The zero-order valence-electron chi connectivity index (χ0n) is 10.4. The number of aryl methyl sites for hydroxylation is 2. The summed E-state index contributed by atoms with van der Waals surface area (Å²) in [5, 5.41) is 14.7. The molecule has 0 saturated heterocycles. The van der Waals surface area contributed by atoms with E-state index in [0.717, 1.165) is 16.1 Å². The Hall–Kier alpha value is -2.26. The van der Waals surface area contributed by atoms with Gasteiger partial charge in [0.15, 0.2) is 5.58 Å². The lowest BCUT2D eigenvalue weighted by molar-refractivity contribution is 0.488. The van der Waals surface area contributed by atoms with E-state index in [-0.39, 0.29) is 0 Å². The molecule has 0 amide bonds. The first-order chi connectivity index (χ1) is 9.19. The highest BCUT2D eigenvalue weighted by Crippen LogP contribution is 2.32. The lowest BCUT2D eigenvalue weighted by Crippen LogP contribution is -1.92. The maximum atomic E-state index is 9.16. The molecule has 0 aliphatic heterocycles. The van der Waals surface area contributed by atoms with E-state index in [9.17, 15) is 0 Å². The fourth-order valence-electron chi connectivity index (χ4n) is 1.86. The van der Waals surface area contributed by atoms with Crippen molar-refractivity contribution in [3.8, 4) is 6.07 Å². The molecule has 0 fully saturated rings. The van der Waals surface area contributed by atoms with Gasteiger partial charge in [-0.15, -0.1) is 0 Å². The number of rotatable bonds is 2. The summed E-state index contributed by atoms with van der Waals surface area (Å²) in [6.45, 7) is 1.81. The Balaban J connectivity index is 2.04. The molecule has 0 atom stereocenters. The minimum atomic E-state index is 0.515. The molecule has 19 heavy (non-hydrogen) atoms. The minimum absolute atomic E-state index is 0.515. The fraction of sp³-hybridized carbons (Fsp3) is 0.154. The van der Waals surface area contributed by atoms with E-state index in [1.165, 1.54) is 11.8 Å². The molecule has 6 heteroatoms. The van der Waals surface area contributed by atoms with Crippen LogP contribution in [0, 0.1) is 18.3 Å². The van der Waals surface area contributed by atoms with Gasteiger partial charge >= 0.3 is 0 Å². The molecule has 0 aliphatic rings. The number of hydrogen-bond donors (Lipinski definition) is 0. The van der Waals surface area contributed by atoms with Crippen molar-refractivity contribution >= 4 is 22.9 Å². The van der Waals surface area contributed by atoms with Crippen LogP contribution in [0.15, 0.2) is 38.9 Å². The van der Waals surface area contributed by atoms with Crippen molar-refractivity contribution in [1.29, 1.82) is 5.26 Å². The molecule has 5 nitrogen and oxygen atoms in total. The summed E-state index contributed by atoms with van der Waals surface area (Å²) < 4.78 is 7.31. The second kappa shape index (κ2) is 4.44. The average molecular weight is 270 g/mol. The van der Waals surface area contributed by atoms with Crippen molar-refractivity contribution in [3.63, 3.8) is 0 Å². The standard InChI is InChI=1S/C13H10N4OS/c1-8-9(7-14)12(17(2)16-8)19-13-15-10-5-3-4-6-11(10)18-13/h3-6H,1-2H3. The van der Waals surface area contributed by atoms with Gasteiger partial charge in [-0.2, -0.15) is 10.4 Å². The average Bonchev–Trinajstić information content (AvgIpc) is 2.91. The van der Waals surface area contributed by atoms with Crippen LogP contribution in [0.1, 0.15) is 11.3 Å². The maximum absolute atomic E-state index is 9.16. The molecule has 3 rings (SSSR count). The van der Waals surface area contributed by atoms with E-state index in [1.54, 1.807) is 11.7 Å². The minimum Gasteiger partial charge on any atom is -0.431 e. The van der Waals surface area contributed by atoms with E-state index in [4.69, 9.17) is 9.68 Å². The molecular weight excluding hydrogens is 260 g/mol. The van der Waals surface area contributed by atoms with Crippen LogP contribution in [-0.4, -0.2) is 14.8 Å². The van der Waals surface area contributed by atoms with Crippen molar-refractivity contribution in [2.45, 2.75) is 17.2 Å². The van der Waals surface area contributed by atoms with Gasteiger partial charge < -0.3 is 4.42 Å². The molecule has 0 aliphatic carbocycles. The van der Waals surface area contributed by atoms with Gasteiger partial charge in [-0.25, -0.2) is 4.98 Å². The van der Waals surface area contributed by atoms with Gasteiger partial charge in [0.2, 0.25) is 0 Å². The summed E-state index contributed by atoms with van der Waals surface area (Å²) in [7, 11) is 1.80. The lowest BCUT2D eigenvalue weighted by atomic mass is 10.3. The third kappa shape index (κ3) is 1.98. The van der Waals surface area contributed by atoms with Crippen LogP contribution in [0.25, 0.3) is 11.1 Å². The van der Waals surface area contributed by atoms with Crippen LogP contribution >= 0.6 is 11.8 Å². The Morgan fingerprint density at radius 2 is 2.16 bits per heavy atom. The molecule has 0 unspecified atom stereocenters. The van der Waals surface area contributed by atoms with Crippen molar-refractivity contribution in [2.75, 3.05) is 0 Å². The summed E-state index contributed by atoms with van der Waals surface area (Å²) in [5.41, 5.74) is 2.82. The molecule has 0 N–H and O–H groups in total. The van der Waals surface area contributed by atoms with Gasteiger partial charge in [-0.1, -0.05) is 12.1 Å². The zero-order valence-corrected chi connectivity index (χ0v) is 11.2. The van der Waals surface area contributed by atoms with Gasteiger partial charge in [-0.05, 0) is 30.8 Å². The second-order valence-electron chi connectivity index (χ2n) is 4.05. The Labute approximate surface area is 113 Å². The third-order valence-electron chi connectivity index (χ3n) is 2.74. The number of oxazole rings is 1. The Kier molecular flexibility index (Phi) is 2.76. The third-order valence-corrected chi connectivity index (χ3v) is 3.75. The van der Waals surface area contributed by atoms with Gasteiger partial charge in [-0.3, -0.25) is 4.68 Å². The Morgan fingerprint density at radius 1 is 1.37 bits per heavy atom. The van der Waals surface area contributed by atoms with E-state index in [2.05, 4.69) is 16.2 Å². The number of aromatic nitrogens is 3. The van der Waals surface area contributed by atoms with Crippen LogP contribution in [-0.2, 0) is 7.05 Å². The van der Waals surface area contributed by atoms with Crippen LogP contribution < -0.4 is 0 Å². The number of benzene rings is 1.